The maximum atomic E-state index is 12.1. The van der Waals surface area contributed by atoms with Gasteiger partial charge in [0.25, 0.3) is 5.91 Å². The Morgan fingerprint density at radius 3 is 2.15 bits per heavy atom. The number of likely N-dealkylation sites (N-methyl/N-ethyl adjacent to an activating group) is 1. The molecule has 5 nitrogen and oxygen atoms in total. The van der Waals surface area contributed by atoms with E-state index < -0.39 is 5.97 Å². The van der Waals surface area contributed by atoms with Gasteiger partial charge in [-0.25, -0.2) is 4.79 Å². The van der Waals surface area contributed by atoms with Crippen molar-refractivity contribution in [2.45, 2.75) is 24.8 Å². The molecule has 1 aromatic carbocycles. The SMILES string of the molecule is CN(C)C1(CNC(=O)c2ccc(C(=O)O)cc2)CCC1. The van der Waals surface area contributed by atoms with E-state index in [0.717, 1.165) is 12.8 Å². The van der Waals surface area contributed by atoms with E-state index in [-0.39, 0.29) is 17.0 Å². The molecule has 0 spiro atoms. The first kappa shape index (κ1) is 14.5. The first-order valence-corrected chi connectivity index (χ1v) is 6.74. The summed E-state index contributed by atoms with van der Waals surface area (Å²) in [5.41, 5.74) is 0.755. The number of aromatic carboxylic acids is 1. The van der Waals surface area contributed by atoms with Gasteiger partial charge in [0.15, 0.2) is 0 Å². The molecule has 0 unspecified atom stereocenters. The molecular formula is C15H20N2O3. The lowest BCUT2D eigenvalue weighted by Gasteiger charge is -2.47. The van der Waals surface area contributed by atoms with Gasteiger partial charge in [-0.15, -0.1) is 0 Å². The Kier molecular flexibility index (Phi) is 4.09. The number of rotatable bonds is 5. The molecule has 1 fully saturated rings. The Morgan fingerprint density at radius 2 is 1.75 bits per heavy atom. The summed E-state index contributed by atoms with van der Waals surface area (Å²) < 4.78 is 0. The molecule has 0 radical (unpaired) electrons. The monoisotopic (exact) mass is 276 g/mol. The fourth-order valence-corrected chi connectivity index (χ4v) is 2.48. The van der Waals surface area contributed by atoms with Crippen LogP contribution in [0.15, 0.2) is 24.3 Å². The van der Waals surface area contributed by atoms with Gasteiger partial charge in [-0.2, -0.15) is 0 Å². The summed E-state index contributed by atoms with van der Waals surface area (Å²) in [7, 11) is 4.07. The Bertz CT molecular complexity index is 504. The zero-order valence-corrected chi connectivity index (χ0v) is 11.8. The highest BCUT2D eigenvalue weighted by Crippen LogP contribution is 2.35. The summed E-state index contributed by atoms with van der Waals surface area (Å²) in [6.45, 7) is 0.625. The van der Waals surface area contributed by atoms with Crippen LogP contribution in [0.3, 0.4) is 0 Å². The van der Waals surface area contributed by atoms with Crippen molar-refractivity contribution in [1.29, 1.82) is 0 Å². The highest BCUT2D eigenvalue weighted by molar-refractivity contribution is 5.95. The number of hydrogen-bond donors (Lipinski definition) is 2. The van der Waals surface area contributed by atoms with Crippen molar-refractivity contribution in [3.8, 4) is 0 Å². The van der Waals surface area contributed by atoms with Crippen molar-refractivity contribution >= 4 is 11.9 Å². The lowest BCUT2D eigenvalue weighted by molar-refractivity contribution is 0.0557. The molecule has 0 bridgehead atoms. The molecule has 0 aromatic heterocycles. The summed E-state index contributed by atoms with van der Waals surface area (Å²) in [5.74, 6) is -1.15. The smallest absolute Gasteiger partial charge is 0.335 e. The minimum absolute atomic E-state index is 0.0800. The quantitative estimate of drug-likeness (QED) is 0.857. The van der Waals surface area contributed by atoms with Crippen LogP contribution in [-0.4, -0.2) is 48.1 Å². The van der Waals surface area contributed by atoms with Crippen molar-refractivity contribution in [3.05, 3.63) is 35.4 Å². The molecule has 1 saturated carbocycles. The third-order valence-corrected chi connectivity index (χ3v) is 4.20. The first-order valence-electron chi connectivity index (χ1n) is 6.74. The van der Waals surface area contributed by atoms with Crippen LogP contribution in [0.4, 0.5) is 0 Å². The standard InChI is InChI=1S/C15H20N2O3/c1-17(2)15(8-3-9-15)10-16-13(18)11-4-6-12(7-5-11)14(19)20/h4-7H,3,8-10H2,1-2H3,(H,16,18)(H,19,20). The number of amides is 1. The van der Waals surface area contributed by atoms with Crippen LogP contribution in [0.1, 0.15) is 40.0 Å². The summed E-state index contributed by atoms with van der Waals surface area (Å²) in [4.78, 5) is 25.0. The van der Waals surface area contributed by atoms with Gasteiger partial charge < -0.3 is 15.3 Å². The number of carboxylic acid groups (broad SMARTS) is 1. The number of carbonyl (C=O) groups is 2. The molecule has 1 amide bonds. The molecule has 20 heavy (non-hydrogen) atoms. The molecule has 2 rings (SSSR count). The Hall–Kier alpha value is -1.88. The van der Waals surface area contributed by atoms with Gasteiger partial charge in [-0.3, -0.25) is 4.79 Å². The highest BCUT2D eigenvalue weighted by Gasteiger charge is 2.39. The van der Waals surface area contributed by atoms with E-state index >= 15 is 0 Å². The predicted molar refractivity (Wildman–Crippen MR) is 76.0 cm³/mol. The molecule has 0 atom stereocenters. The van der Waals surface area contributed by atoms with Gasteiger partial charge in [0, 0.05) is 17.6 Å². The number of hydrogen-bond acceptors (Lipinski definition) is 3. The van der Waals surface area contributed by atoms with Crippen LogP contribution in [-0.2, 0) is 0 Å². The van der Waals surface area contributed by atoms with Crippen LogP contribution in [0.25, 0.3) is 0 Å². The lowest BCUT2D eigenvalue weighted by atomic mass is 9.75. The second-order valence-corrected chi connectivity index (χ2v) is 5.54. The zero-order valence-electron chi connectivity index (χ0n) is 11.8. The summed E-state index contributed by atoms with van der Waals surface area (Å²) in [6, 6.07) is 5.98. The van der Waals surface area contributed by atoms with Gasteiger partial charge >= 0.3 is 5.97 Å². The Balaban J connectivity index is 1.96. The highest BCUT2D eigenvalue weighted by atomic mass is 16.4. The number of carboxylic acids is 1. The summed E-state index contributed by atoms with van der Waals surface area (Å²) in [5, 5.41) is 11.8. The second kappa shape index (κ2) is 5.63. The molecule has 2 N–H and O–H groups in total. The van der Waals surface area contributed by atoms with Crippen molar-refractivity contribution in [2.24, 2.45) is 0 Å². The maximum Gasteiger partial charge on any atom is 0.335 e. The van der Waals surface area contributed by atoms with Crippen LogP contribution in [0.2, 0.25) is 0 Å². The zero-order chi connectivity index (χ0) is 14.8. The van der Waals surface area contributed by atoms with E-state index in [1.54, 1.807) is 12.1 Å². The maximum absolute atomic E-state index is 12.1. The second-order valence-electron chi connectivity index (χ2n) is 5.54. The van der Waals surface area contributed by atoms with Gasteiger partial charge in [-0.1, -0.05) is 0 Å². The van der Waals surface area contributed by atoms with Crippen LogP contribution >= 0.6 is 0 Å². The molecular weight excluding hydrogens is 256 g/mol. The Labute approximate surface area is 118 Å². The summed E-state index contributed by atoms with van der Waals surface area (Å²) >= 11 is 0. The average molecular weight is 276 g/mol. The molecule has 1 aliphatic rings. The molecule has 0 aliphatic heterocycles. The van der Waals surface area contributed by atoms with Gasteiger partial charge in [0.05, 0.1) is 5.56 Å². The van der Waals surface area contributed by atoms with E-state index in [1.165, 1.54) is 18.6 Å². The van der Waals surface area contributed by atoms with E-state index in [1.807, 2.05) is 14.1 Å². The van der Waals surface area contributed by atoms with Crippen LogP contribution in [0, 0.1) is 0 Å². The number of benzene rings is 1. The van der Waals surface area contributed by atoms with Crippen molar-refractivity contribution in [3.63, 3.8) is 0 Å². The molecule has 1 aromatic rings. The fraction of sp³-hybridized carbons (Fsp3) is 0.467. The molecule has 1 aliphatic carbocycles. The fourth-order valence-electron chi connectivity index (χ4n) is 2.48. The van der Waals surface area contributed by atoms with Gasteiger partial charge in [0.1, 0.15) is 0 Å². The normalized spacial score (nSPS) is 16.6. The molecule has 0 saturated heterocycles. The van der Waals surface area contributed by atoms with E-state index in [4.69, 9.17) is 5.11 Å². The minimum atomic E-state index is -0.988. The molecule has 0 heterocycles. The van der Waals surface area contributed by atoms with Crippen molar-refractivity contribution < 1.29 is 14.7 Å². The van der Waals surface area contributed by atoms with E-state index in [2.05, 4.69) is 10.2 Å². The number of nitrogens with zero attached hydrogens (tertiary/aromatic N) is 1. The average Bonchev–Trinajstić information content (AvgIpc) is 2.36. The summed E-state index contributed by atoms with van der Waals surface area (Å²) in [6.07, 6.45) is 3.39. The van der Waals surface area contributed by atoms with E-state index in [9.17, 15) is 9.59 Å². The minimum Gasteiger partial charge on any atom is -0.478 e. The van der Waals surface area contributed by atoms with E-state index in [0.29, 0.717) is 12.1 Å². The first-order chi connectivity index (χ1) is 9.44. The molecule has 108 valence electrons. The van der Waals surface area contributed by atoms with Gasteiger partial charge in [-0.05, 0) is 57.6 Å². The van der Waals surface area contributed by atoms with Crippen LogP contribution < -0.4 is 5.32 Å². The lowest BCUT2D eigenvalue weighted by Crippen LogP contribution is -2.57. The van der Waals surface area contributed by atoms with Gasteiger partial charge in [0.2, 0.25) is 0 Å². The van der Waals surface area contributed by atoms with Crippen molar-refractivity contribution in [1.82, 2.24) is 10.2 Å². The predicted octanol–water partition coefficient (Wildman–Crippen LogP) is 1.60. The van der Waals surface area contributed by atoms with Crippen LogP contribution in [0.5, 0.6) is 0 Å². The Morgan fingerprint density at radius 1 is 1.20 bits per heavy atom. The topological polar surface area (TPSA) is 69.6 Å². The third-order valence-electron chi connectivity index (χ3n) is 4.20. The number of nitrogens with one attached hydrogen (secondary N) is 1. The van der Waals surface area contributed by atoms with Crippen molar-refractivity contribution in [2.75, 3.05) is 20.6 Å². The molecule has 5 heteroatoms. The third kappa shape index (κ3) is 2.82. The largest absolute Gasteiger partial charge is 0.478 e. The number of carbonyl (C=O) groups excluding carboxylic acids is 1.